The maximum absolute atomic E-state index is 11.0. The van der Waals surface area contributed by atoms with Crippen LogP contribution in [-0.2, 0) is 6.61 Å². The van der Waals surface area contributed by atoms with E-state index in [0.29, 0.717) is 17.9 Å². The molecule has 0 aliphatic rings. The molecule has 0 aliphatic heterocycles. The summed E-state index contributed by atoms with van der Waals surface area (Å²) in [5, 5.41) is 0.606. The van der Waals surface area contributed by atoms with E-state index >= 15 is 0 Å². The van der Waals surface area contributed by atoms with Crippen LogP contribution in [0.4, 0.5) is 0 Å². The number of pyridine rings is 1. The minimum absolute atomic E-state index is 0.442. The first-order valence-corrected chi connectivity index (χ1v) is 6.87. The van der Waals surface area contributed by atoms with Crippen molar-refractivity contribution in [2.24, 2.45) is 0 Å². The molecule has 3 aromatic rings. The lowest BCUT2D eigenvalue weighted by Gasteiger charge is -2.09. The molecule has 2 aromatic carbocycles. The topological polar surface area (TPSA) is 39.2 Å². The van der Waals surface area contributed by atoms with Crippen LogP contribution in [0.15, 0.2) is 60.8 Å². The van der Waals surface area contributed by atoms with Crippen molar-refractivity contribution < 1.29 is 9.53 Å². The summed E-state index contributed by atoms with van der Waals surface area (Å²) in [5.74, 6) is 0.692. The van der Waals surface area contributed by atoms with Crippen molar-refractivity contribution in [2.45, 2.75) is 6.61 Å². The molecule has 0 aliphatic carbocycles. The second kappa shape index (κ2) is 5.94. The molecule has 0 saturated carbocycles. The third-order valence-electron chi connectivity index (χ3n) is 3.21. The molecule has 0 amide bonds. The van der Waals surface area contributed by atoms with Crippen LogP contribution < -0.4 is 4.74 Å². The van der Waals surface area contributed by atoms with Gasteiger partial charge in [-0.25, -0.2) is 0 Å². The van der Waals surface area contributed by atoms with Gasteiger partial charge in [0.1, 0.15) is 12.4 Å². The van der Waals surface area contributed by atoms with Gasteiger partial charge in [-0.1, -0.05) is 18.2 Å². The molecule has 104 valence electrons. The molecule has 3 rings (SSSR count). The number of hydrogen-bond acceptors (Lipinski definition) is 3. The fourth-order valence-corrected chi connectivity index (χ4v) is 2.25. The molecule has 0 atom stereocenters. The van der Waals surface area contributed by atoms with Crippen LogP contribution >= 0.6 is 11.6 Å². The maximum Gasteiger partial charge on any atom is 0.252 e. The normalized spacial score (nSPS) is 10.5. The van der Waals surface area contributed by atoms with E-state index in [2.05, 4.69) is 4.98 Å². The number of benzene rings is 2. The van der Waals surface area contributed by atoms with Crippen molar-refractivity contribution in [3.05, 3.63) is 71.9 Å². The van der Waals surface area contributed by atoms with Gasteiger partial charge in [-0.2, -0.15) is 0 Å². The highest BCUT2D eigenvalue weighted by molar-refractivity contribution is 6.67. The van der Waals surface area contributed by atoms with E-state index in [-0.39, 0.29) is 0 Å². The van der Waals surface area contributed by atoms with Crippen LogP contribution in [0.3, 0.4) is 0 Å². The zero-order chi connectivity index (χ0) is 14.7. The Morgan fingerprint density at radius 1 is 1.05 bits per heavy atom. The van der Waals surface area contributed by atoms with Crippen molar-refractivity contribution in [1.82, 2.24) is 4.98 Å². The van der Waals surface area contributed by atoms with E-state index < -0.39 is 5.24 Å². The number of nitrogens with zero attached hydrogens (tertiary/aromatic N) is 1. The highest BCUT2D eigenvalue weighted by atomic mass is 35.5. The van der Waals surface area contributed by atoms with Gasteiger partial charge < -0.3 is 4.74 Å². The van der Waals surface area contributed by atoms with E-state index in [1.54, 1.807) is 30.5 Å². The number of rotatable bonds is 4. The predicted octanol–water partition coefficient (Wildman–Crippen LogP) is 4.19. The highest BCUT2D eigenvalue weighted by Crippen LogP contribution is 2.19. The first-order chi connectivity index (χ1) is 10.2. The smallest absolute Gasteiger partial charge is 0.252 e. The lowest BCUT2D eigenvalue weighted by molar-refractivity contribution is 0.108. The number of para-hydroxylation sites is 1. The third kappa shape index (κ3) is 3.03. The summed E-state index contributed by atoms with van der Waals surface area (Å²) in [6, 6.07) is 16.6. The summed E-state index contributed by atoms with van der Waals surface area (Å²) >= 11 is 5.41. The lowest BCUT2D eigenvalue weighted by Crippen LogP contribution is -1.97. The van der Waals surface area contributed by atoms with Crippen LogP contribution in [0.25, 0.3) is 10.9 Å². The Morgan fingerprint density at radius 2 is 1.81 bits per heavy atom. The highest BCUT2D eigenvalue weighted by Gasteiger charge is 2.04. The summed E-state index contributed by atoms with van der Waals surface area (Å²) in [6.07, 6.45) is 1.77. The van der Waals surface area contributed by atoms with Gasteiger partial charge in [0.25, 0.3) is 5.24 Å². The van der Waals surface area contributed by atoms with Crippen LogP contribution in [-0.4, -0.2) is 10.2 Å². The van der Waals surface area contributed by atoms with Gasteiger partial charge in [0.05, 0.1) is 5.52 Å². The first kappa shape index (κ1) is 13.6. The number of carbonyl (C=O) groups excluding carboxylic acids is 1. The quantitative estimate of drug-likeness (QED) is 0.678. The number of ether oxygens (including phenoxy) is 1. The van der Waals surface area contributed by atoms with E-state index in [0.717, 1.165) is 16.5 Å². The van der Waals surface area contributed by atoms with Gasteiger partial charge in [-0.15, -0.1) is 0 Å². The number of halogens is 1. The molecule has 0 spiro atoms. The molecular weight excluding hydrogens is 286 g/mol. The zero-order valence-corrected chi connectivity index (χ0v) is 11.9. The van der Waals surface area contributed by atoms with E-state index in [1.165, 1.54) is 0 Å². The molecule has 0 bridgehead atoms. The Hall–Kier alpha value is -2.39. The molecule has 21 heavy (non-hydrogen) atoms. The summed E-state index contributed by atoms with van der Waals surface area (Å²) in [6.45, 7) is 0.442. The van der Waals surface area contributed by atoms with Crippen molar-refractivity contribution in [2.75, 3.05) is 0 Å². The zero-order valence-electron chi connectivity index (χ0n) is 11.1. The van der Waals surface area contributed by atoms with Crippen molar-refractivity contribution in [3.8, 4) is 5.75 Å². The fraction of sp³-hybridized carbons (Fsp3) is 0.0588. The van der Waals surface area contributed by atoms with Gasteiger partial charge in [0.2, 0.25) is 0 Å². The van der Waals surface area contributed by atoms with E-state index in [9.17, 15) is 4.79 Å². The number of hydrogen-bond donors (Lipinski definition) is 0. The molecule has 0 saturated heterocycles. The second-order valence-electron chi connectivity index (χ2n) is 4.57. The molecule has 3 nitrogen and oxygen atoms in total. The van der Waals surface area contributed by atoms with Gasteiger partial charge in [0, 0.05) is 22.7 Å². The van der Waals surface area contributed by atoms with Gasteiger partial charge in [0.15, 0.2) is 0 Å². The van der Waals surface area contributed by atoms with E-state index in [4.69, 9.17) is 16.3 Å². The Bertz CT molecular complexity index is 779. The van der Waals surface area contributed by atoms with Crippen LogP contribution in [0.2, 0.25) is 0 Å². The minimum Gasteiger partial charge on any atom is -0.489 e. The molecule has 1 heterocycles. The molecule has 0 radical (unpaired) electrons. The summed E-state index contributed by atoms with van der Waals surface area (Å²) in [4.78, 5) is 15.3. The summed E-state index contributed by atoms with van der Waals surface area (Å²) in [5.41, 5.74) is 2.47. The van der Waals surface area contributed by atoms with Crippen molar-refractivity contribution in [1.29, 1.82) is 0 Å². The van der Waals surface area contributed by atoms with Crippen molar-refractivity contribution in [3.63, 3.8) is 0 Å². The standard InChI is InChI=1S/C17H12ClNO2/c18-17(20)12-5-7-14(8-6-12)21-11-13-9-10-19-16-4-2-1-3-15(13)16/h1-10H,11H2. The maximum atomic E-state index is 11.0. The SMILES string of the molecule is O=C(Cl)c1ccc(OCc2ccnc3ccccc23)cc1. The minimum atomic E-state index is -0.471. The molecule has 0 fully saturated rings. The Morgan fingerprint density at radius 3 is 2.57 bits per heavy atom. The van der Waals surface area contributed by atoms with E-state index in [1.807, 2.05) is 30.3 Å². The Labute approximate surface area is 127 Å². The molecule has 0 N–H and O–H groups in total. The molecule has 0 unspecified atom stereocenters. The van der Waals surface area contributed by atoms with Gasteiger partial charge in [-0.3, -0.25) is 9.78 Å². The number of fused-ring (bicyclic) bond motifs is 1. The van der Waals surface area contributed by atoms with Crippen LogP contribution in [0.1, 0.15) is 15.9 Å². The monoisotopic (exact) mass is 297 g/mol. The van der Waals surface area contributed by atoms with Gasteiger partial charge >= 0.3 is 0 Å². The Balaban J connectivity index is 1.79. The first-order valence-electron chi connectivity index (χ1n) is 6.49. The van der Waals surface area contributed by atoms with Crippen molar-refractivity contribution >= 4 is 27.7 Å². The number of aromatic nitrogens is 1. The lowest BCUT2D eigenvalue weighted by atomic mass is 10.1. The largest absolute Gasteiger partial charge is 0.489 e. The third-order valence-corrected chi connectivity index (χ3v) is 3.43. The molecule has 4 heteroatoms. The summed E-state index contributed by atoms with van der Waals surface area (Å²) in [7, 11) is 0. The molecular formula is C17H12ClNO2. The molecule has 1 aromatic heterocycles. The average molecular weight is 298 g/mol. The number of carbonyl (C=O) groups is 1. The van der Waals surface area contributed by atoms with Crippen LogP contribution in [0.5, 0.6) is 5.75 Å². The second-order valence-corrected chi connectivity index (χ2v) is 4.92. The Kier molecular flexibility index (Phi) is 3.84. The fourth-order valence-electron chi connectivity index (χ4n) is 2.12. The van der Waals surface area contributed by atoms with Gasteiger partial charge in [-0.05, 0) is 48.0 Å². The average Bonchev–Trinajstić information content (AvgIpc) is 2.53. The summed E-state index contributed by atoms with van der Waals surface area (Å²) < 4.78 is 5.75. The predicted molar refractivity (Wildman–Crippen MR) is 82.7 cm³/mol. The van der Waals surface area contributed by atoms with Crippen LogP contribution in [0, 0.1) is 0 Å².